The molecule has 0 radical (unpaired) electrons. The molecule has 3 heteroatoms. The molecule has 18 heavy (non-hydrogen) atoms. The Kier molecular flexibility index (Phi) is 4.06. The highest BCUT2D eigenvalue weighted by atomic mass is 35.5. The van der Waals surface area contributed by atoms with Crippen LogP contribution in [0.4, 0.5) is 0 Å². The Morgan fingerprint density at radius 3 is 2.56 bits per heavy atom. The molecular formula is C15H21ClO2. The molecule has 0 aliphatic carbocycles. The molecule has 1 aromatic rings. The lowest BCUT2D eigenvalue weighted by Gasteiger charge is -2.25. The van der Waals surface area contributed by atoms with Gasteiger partial charge in [-0.15, -0.1) is 11.6 Å². The van der Waals surface area contributed by atoms with Crippen molar-refractivity contribution in [3.63, 3.8) is 0 Å². The van der Waals surface area contributed by atoms with E-state index in [1.54, 1.807) is 0 Å². The lowest BCUT2D eigenvalue weighted by Crippen LogP contribution is -2.17. The lowest BCUT2D eigenvalue weighted by atomic mass is 9.82. The van der Waals surface area contributed by atoms with Gasteiger partial charge >= 0.3 is 0 Å². The molecule has 1 aromatic carbocycles. The van der Waals surface area contributed by atoms with Crippen LogP contribution >= 0.6 is 11.6 Å². The van der Waals surface area contributed by atoms with Crippen molar-refractivity contribution in [2.24, 2.45) is 5.92 Å². The molecule has 100 valence electrons. The fourth-order valence-electron chi connectivity index (χ4n) is 2.05. The third-order valence-electron chi connectivity index (χ3n) is 3.49. The fourth-order valence-corrected chi connectivity index (χ4v) is 2.53. The molecule has 1 aliphatic rings. The zero-order chi connectivity index (χ0) is 13.2. The predicted octanol–water partition coefficient (Wildman–Crippen LogP) is 4.00. The van der Waals surface area contributed by atoms with Gasteiger partial charge in [-0.05, 0) is 29.5 Å². The number of hydrogen-bond donors (Lipinski definition) is 0. The largest absolute Gasteiger partial charge is 0.489 e. The molecule has 2 rings (SSSR count). The summed E-state index contributed by atoms with van der Waals surface area (Å²) in [4.78, 5) is 0. The van der Waals surface area contributed by atoms with E-state index in [2.05, 4.69) is 32.9 Å². The molecule has 0 bridgehead atoms. The molecule has 0 amide bonds. The summed E-state index contributed by atoms with van der Waals surface area (Å²) < 4.78 is 11.6. The number of hydrogen-bond acceptors (Lipinski definition) is 2. The number of ether oxygens (including phenoxy) is 2. The van der Waals surface area contributed by atoms with Crippen molar-refractivity contribution in [1.29, 1.82) is 0 Å². The summed E-state index contributed by atoms with van der Waals surface area (Å²) >= 11 is 5.87. The van der Waals surface area contributed by atoms with Crippen LogP contribution in [0.15, 0.2) is 18.2 Å². The highest BCUT2D eigenvalue weighted by Crippen LogP contribution is 2.36. The van der Waals surface area contributed by atoms with Crippen LogP contribution in [0.1, 0.15) is 32.8 Å². The molecular weight excluding hydrogens is 248 g/mol. The maximum absolute atomic E-state index is 5.87. The SMILES string of the molecule is CC1COc2ccc(C(C)(C)CCCl)cc2OC1. The molecule has 0 fully saturated rings. The third kappa shape index (κ3) is 2.92. The average Bonchev–Trinajstić information content (AvgIpc) is 2.51. The first-order chi connectivity index (χ1) is 8.53. The van der Waals surface area contributed by atoms with E-state index in [4.69, 9.17) is 21.1 Å². The molecule has 1 aliphatic heterocycles. The van der Waals surface area contributed by atoms with Crippen LogP contribution in [0.2, 0.25) is 0 Å². The molecule has 1 heterocycles. The van der Waals surface area contributed by atoms with Gasteiger partial charge in [0.15, 0.2) is 11.5 Å². The highest BCUT2D eigenvalue weighted by molar-refractivity contribution is 6.17. The summed E-state index contributed by atoms with van der Waals surface area (Å²) in [7, 11) is 0. The number of benzene rings is 1. The molecule has 0 saturated carbocycles. The number of halogens is 1. The summed E-state index contributed by atoms with van der Waals surface area (Å²) in [5.74, 6) is 2.80. The van der Waals surface area contributed by atoms with Gasteiger partial charge in [0.05, 0.1) is 13.2 Å². The van der Waals surface area contributed by atoms with E-state index in [1.165, 1.54) is 5.56 Å². The first kappa shape index (κ1) is 13.5. The van der Waals surface area contributed by atoms with Gasteiger partial charge in [0.25, 0.3) is 0 Å². The van der Waals surface area contributed by atoms with E-state index in [-0.39, 0.29) is 5.41 Å². The van der Waals surface area contributed by atoms with E-state index in [0.29, 0.717) is 18.4 Å². The number of fused-ring (bicyclic) bond motifs is 1. The molecule has 0 spiro atoms. The second-order valence-corrected chi connectivity index (χ2v) is 6.09. The van der Waals surface area contributed by atoms with Crippen LogP contribution in [-0.2, 0) is 5.41 Å². The third-order valence-corrected chi connectivity index (χ3v) is 3.68. The Balaban J connectivity index is 2.27. The Hall–Kier alpha value is -0.890. The molecule has 1 atom stereocenters. The van der Waals surface area contributed by atoms with Crippen molar-refractivity contribution in [3.05, 3.63) is 23.8 Å². The first-order valence-electron chi connectivity index (χ1n) is 6.49. The minimum absolute atomic E-state index is 0.0675. The van der Waals surface area contributed by atoms with Crippen LogP contribution < -0.4 is 9.47 Å². The molecule has 0 aromatic heterocycles. The predicted molar refractivity (Wildman–Crippen MR) is 75.0 cm³/mol. The number of rotatable bonds is 3. The van der Waals surface area contributed by atoms with E-state index in [1.807, 2.05) is 6.07 Å². The maximum atomic E-state index is 5.87. The minimum atomic E-state index is 0.0675. The van der Waals surface area contributed by atoms with Gasteiger partial charge in [-0.25, -0.2) is 0 Å². The maximum Gasteiger partial charge on any atom is 0.161 e. The van der Waals surface area contributed by atoms with Gasteiger partial charge in [0.2, 0.25) is 0 Å². The van der Waals surface area contributed by atoms with Crippen molar-refractivity contribution in [2.45, 2.75) is 32.6 Å². The van der Waals surface area contributed by atoms with E-state index < -0.39 is 0 Å². The molecule has 2 nitrogen and oxygen atoms in total. The standard InChI is InChI=1S/C15H21ClO2/c1-11-9-17-13-5-4-12(8-14(13)18-10-11)15(2,3)6-7-16/h4-5,8,11H,6-7,9-10H2,1-3H3. The second-order valence-electron chi connectivity index (χ2n) is 5.71. The first-order valence-corrected chi connectivity index (χ1v) is 7.02. The van der Waals surface area contributed by atoms with Gasteiger partial charge in [-0.1, -0.05) is 26.8 Å². The van der Waals surface area contributed by atoms with Crippen molar-refractivity contribution in [2.75, 3.05) is 19.1 Å². The summed E-state index contributed by atoms with van der Waals surface area (Å²) in [6, 6.07) is 6.23. The van der Waals surface area contributed by atoms with Crippen molar-refractivity contribution in [1.82, 2.24) is 0 Å². The highest BCUT2D eigenvalue weighted by Gasteiger charge is 2.23. The van der Waals surface area contributed by atoms with Crippen LogP contribution in [-0.4, -0.2) is 19.1 Å². The second kappa shape index (κ2) is 5.40. The summed E-state index contributed by atoms with van der Waals surface area (Å²) in [5.41, 5.74) is 1.32. The monoisotopic (exact) mass is 268 g/mol. The lowest BCUT2D eigenvalue weighted by molar-refractivity contribution is 0.228. The van der Waals surface area contributed by atoms with E-state index in [0.717, 1.165) is 24.5 Å². The summed E-state index contributed by atoms with van der Waals surface area (Å²) in [6.45, 7) is 7.97. The zero-order valence-corrected chi connectivity index (χ0v) is 12.1. The minimum Gasteiger partial charge on any atom is -0.489 e. The average molecular weight is 269 g/mol. The summed E-state index contributed by atoms with van der Waals surface area (Å²) in [6.07, 6.45) is 0.949. The molecule has 1 unspecified atom stereocenters. The Morgan fingerprint density at radius 1 is 1.22 bits per heavy atom. The topological polar surface area (TPSA) is 18.5 Å². The van der Waals surface area contributed by atoms with Crippen molar-refractivity contribution in [3.8, 4) is 11.5 Å². The van der Waals surface area contributed by atoms with Gasteiger partial charge in [0.1, 0.15) is 0 Å². The van der Waals surface area contributed by atoms with E-state index in [9.17, 15) is 0 Å². The van der Waals surface area contributed by atoms with Crippen molar-refractivity contribution < 1.29 is 9.47 Å². The van der Waals surface area contributed by atoms with Crippen LogP contribution in [0.25, 0.3) is 0 Å². The fraction of sp³-hybridized carbons (Fsp3) is 0.600. The molecule has 0 N–H and O–H groups in total. The van der Waals surface area contributed by atoms with Gasteiger partial charge in [-0.3, -0.25) is 0 Å². The Morgan fingerprint density at radius 2 is 1.89 bits per heavy atom. The van der Waals surface area contributed by atoms with Crippen LogP contribution in [0, 0.1) is 5.92 Å². The smallest absolute Gasteiger partial charge is 0.161 e. The van der Waals surface area contributed by atoms with Gasteiger partial charge in [0, 0.05) is 11.8 Å². The quantitative estimate of drug-likeness (QED) is 0.772. The Labute approximate surface area is 114 Å². The van der Waals surface area contributed by atoms with Crippen molar-refractivity contribution >= 4 is 11.6 Å². The number of alkyl halides is 1. The van der Waals surface area contributed by atoms with Crippen LogP contribution in [0.3, 0.4) is 0 Å². The summed E-state index contributed by atoms with van der Waals surface area (Å²) in [5, 5.41) is 0. The Bertz CT molecular complexity index is 415. The van der Waals surface area contributed by atoms with E-state index >= 15 is 0 Å². The normalized spacial score (nSPS) is 19.4. The zero-order valence-electron chi connectivity index (χ0n) is 11.3. The van der Waals surface area contributed by atoms with Crippen LogP contribution in [0.5, 0.6) is 11.5 Å². The van der Waals surface area contributed by atoms with Gasteiger partial charge in [-0.2, -0.15) is 0 Å². The molecule has 0 saturated heterocycles. The van der Waals surface area contributed by atoms with Gasteiger partial charge < -0.3 is 9.47 Å².